The summed E-state index contributed by atoms with van der Waals surface area (Å²) in [4.78, 5) is 6.93. The Kier molecular flexibility index (Phi) is 9.68. The minimum absolute atomic E-state index is 0.462. The zero-order valence-electron chi connectivity index (χ0n) is 18.7. The minimum Gasteiger partial charge on any atom is -0.497 e. The molecule has 162 valence electrons. The maximum Gasteiger partial charge on any atom is 0.121 e. The fourth-order valence-electron chi connectivity index (χ4n) is 3.68. The van der Waals surface area contributed by atoms with Gasteiger partial charge >= 0.3 is 0 Å². The van der Waals surface area contributed by atoms with Gasteiger partial charge in [0.1, 0.15) is 5.75 Å². The SMILES string of the molecule is CCCCCN(CCCCC)CC(C)(O)CNc1cc(OC)cc2cccnc12. The second-order valence-corrected chi connectivity index (χ2v) is 8.29. The number of hydrogen-bond acceptors (Lipinski definition) is 5. The van der Waals surface area contributed by atoms with E-state index >= 15 is 0 Å². The highest BCUT2D eigenvalue weighted by Crippen LogP contribution is 2.28. The first-order valence-corrected chi connectivity index (χ1v) is 11.1. The number of nitrogens with one attached hydrogen (secondary N) is 1. The van der Waals surface area contributed by atoms with Gasteiger partial charge in [0.25, 0.3) is 0 Å². The lowest BCUT2D eigenvalue weighted by Crippen LogP contribution is -2.46. The Morgan fingerprint density at radius 3 is 2.41 bits per heavy atom. The van der Waals surface area contributed by atoms with Gasteiger partial charge in [0.15, 0.2) is 0 Å². The van der Waals surface area contributed by atoms with Crippen LogP contribution in [0.15, 0.2) is 30.5 Å². The quantitative estimate of drug-likeness (QED) is 0.432. The fraction of sp³-hybridized carbons (Fsp3) is 0.625. The molecule has 5 nitrogen and oxygen atoms in total. The Balaban J connectivity index is 2.04. The molecule has 0 saturated carbocycles. The predicted octanol–water partition coefficient (Wildman–Crippen LogP) is 5.09. The molecule has 29 heavy (non-hydrogen) atoms. The van der Waals surface area contributed by atoms with Crippen LogP contribution in [-0.2, 0) is 0 Å². The van der Waals surface area contributed by atoms with E-state index in [-0.39, 0.29) is 0 Å². The number of pyridine rings is 1. The maximum absolute atomic E-state index is 11.1. The highest BCUT2D eigenvalue weighted by atomic mass is 16.5. The van der Waals surface area contributed by atoms with Gasteiger partial charge in [-0.05, 0) is 45.0 Å². The molecule has 1 aromatic carbocycles. The number of benzene rings is 1. The molecule has 0 fully saturated rings. The summed E-state index contributed by atoms with van der Waals surface area (Å²) in [6, 6.07) is 7.88. The Labute approximate surface area is 176 Å². The number of nitrogens with zero attached hydrogens (tertiary/aromatic N) is 2. The monoisotopic (exact) mass is 401 g/mol. The topological polar surface area (TPSA) is 57.6 Å². The lowest BCUT2D eigenvalue weighted by molar-refractivity contribution is 0.0298. The van der Waals surface area contributed by atoms with Crippen LogP contribution in [0.25, 0.3) is 10.9 Å². The van der Waals surface area contributed by atoms with Crippen LogP contribution in [0.4, 0.5) is 5.69 Å². The molecule has 0 radical (unpaired) electrons. The lowest BCUT2D eigenvalue weighted by Gasteiger charge is -2.32. The molecule has 5 heteroatoms. The van der Waals surface area contributed by atoms with Crippen LogP contribution >= 0.6 is 0 Å². The molecule has 0 aliphatic rings. The van der Waals surface area contributed by atoms with Crippen LogP contribution in [0.1, 0.15) is 59.3 Å². The average molecular weight is 402 g/mol. The molecule has 1 unspecified atom stereocenters. The number of unbranched alkanes of at least 4 members (excludes halogenated alkanes) is 4. The molecule has 0 amide bonds. The molecule has 2 N–H and O–H groups in total. The van der Waals surface area contributed by atoms with Gasteiger partial charge in [-0.25, -0.2) is 0 Å². The van der Waals surface area contributed by atoms with Crippen molar-refractivity contribution in [2.45, 2.75) is 64.9 Å². The van der Waals surface area contributed by atoms with Crippen LogP contribution in [0, 0.1) is 0 Å². The Hall–Kier alpha value is -1.85. The minimum atomic E-state index is -0.831. The molecular weight excluding hydrogens is 362 g/mol. The number of rotatable bonds is 14. The highest BCUT2D eigenvalue weighted by Gasteiger charge is 2.24. The number of methoxy groups -OCH3 is 1. The first-order valence-electron chi connectivity index (χ1n) is 11.1. The number of hydrogen-bond donors (Lipinski definition) is 2. The van der Waals surface area contributed by atoms with Crippen molar-refractivity contribution in [2.75, 3.05) is 38.6 Å². The van der Waals surface area contributed by atoms with Crippen LogP contribution in [0.5, 0.6) is 5.75 Å². The van der Waals surface area contributed by atoms with E-state index in [2.05, 4.69) is 29.0 Å². The zero-order chi connectivity index (χ0) is 21.1. The number of fused-ring (bicyclic) bond motifs is 1. The molecule has 2 rings (SSSR count). The standard InChI is InChI=1S/C24H39N3O2/c1-5-7-9-14-27(15-10-8-6-2)19-24(3,28)18-26-22-17-21(29-4)16-20-12-11-13-25-23(20)22/h11-13,16-17,26,28H,5-10,14-15,18-19H2,1-4H3. The summed E-state index contributed by atoms with van der Waals surface area (Å²) in [6.07, 6.45) is 9.10. The van der Waals surface area contributed by atoms with Crippen molar-refractivity contribution in [3.63, 3.8) is 0 Å². The smallest absolute Gasteiger partial charge is 0.121 e. The van der Waals surface area contributed by atoms with E-state index in [0.717, 1.165) is 35.4 Å². The molecule has 1 heterocycles. The zero-order valence-corrected chi connectivity index (χ0v) is 18.7. The highest BCUT2D eigenvalue weighted by molar-refractivity contribution is 5.91. The second kappa shape index (κ2) is 12.0. The molecule has 0 aliphatic carbocycles. The van der Waals surface area contributed by atoms with Crippen LogP contribution in [0.2, 0.25) is 0 Å². The van der Waals surface area contributed by atoms with E-state index in [4.69, 9.17) is 4.74 Å². The van der Waals surface area contributed by atoms with Gasteiger partial charge in [0, 0.05) is 30.7 Å². The molecule has 0 spiro atoms. The normalized spacial score (nSPS) is 13.6. The van der Waals surface area contributed by atoms with Crippen molar-refractivity contribution >= 4 is 16.6 Å². The number of aromatic nitrogens is 1. The van der Waals surface area contributed by atoms with E-state index < -0.39 is 5.60 Å². The van der Waals surface area contributed by atoms with E-state index in [1.54, 1.807) is 13.3 Å². The van der Waals surface area contributed by atoms with E-state index in [0.29, 0.717) is 13.1 Å². The summed E-state index contributed by atoms with van der Waals surface area (Å²) in [5.41, 5.74) is 0.957. The lowest BCUT2D eigenvalue weighted by atomic mass is 10.0. The first-order chi connectivity index (χ1) is 14.0. The third-order valence-electron chi connectivity index (χ3n) is 5.29. The van der Waals surface area contributed by atoms with Crippen molar-refractivity contribution in [1.29, 1.82) is 0 Å². The first kappa shape index (κ1) is 23.4. The third-order valence-corrected chi connectivity index (χ3v) is 5.29. The summed E-state index contributed by atoms with van der Waals surface area (Å²) in [5.74, 6) is 0.786. The van der Waals surface area contributed by atoms with Crippen LogP contribution in [0.3, 0.4) is 0 Å². The molecular formula is C24H39N3O2. The van der Waals surface area contributed by atoms with E-state index in [1.165, 1.54) is 38.5 Å². The molecule has 2 aromatic rings. The van der Waals surface area contributed by atoms with Gasteiger partial charge in [-0.15, -0.1) is 0 Å². The molecule has 0 bridgehead atoms. The van der Waals surface area contributed by atoms with Gasteiger partial charge in [0.2, 0.25) is 0 Å². The Bertz CT molecular complexity index is 723. The summed E-state index contributed by atoms with van der Waals surface area (Å²) in [7, 11) is 1.67. The van der Waals surface area contributed by atoms with Gasteiger partial charge in [-0.1, -0.05) is 45.6 Å². The summed E-state index contributed by atoms with van der Waals surface area (Å²) >= 11 is 0. The predicted molar refractivity (Wildman–Crippen MR) is 123 cm³/mol. The van der Waals surface area contributed by atoms with Crippen molar-refractivity contribution in [3.8, 4) is 5.75 Å². The van der Waals surface area contributed by atoms with Crippen molar-refractivity contribution < 1.29 is 9.84 Å². The molecule has 0 aliphatic heterocycles. The van der Waals surface area contributed by atoms with Crippen molar-refractivity contribution in [1.82, 2.24) is 9.88 Å². The van der Waals surface area contributed by atoms with Gasteiger partial charge in [-0.2, -0.15) is 0 Å². The average Bonchev–Trinajstić information content (AvgIpc) is 2.71. The summed E-state index contributed by atoms with van der Waals surface area (Å²) in [6.45, 7) is 9.62. The molecule has 1 aromatic heterocycles. The Morgan fingerprint density at radius 2 is 1.79 bits per heavy atom. The number of aliphatic hydroxyl groups is 1. The van der Waals surface area contributed by atoms with Crippen LogP contribution in [-0.4, -0.2) is 53.9 Å². The van der Waals surface area contributed by atoms with Gasteiger partial charge < -0.3 is 20.1 Å². The molecule has 1 atom stereocenters. The third kappa shape index (κ3) is 7.82. The number of ether oxygens (including phenoxy) is 1. The van der Waals surface area contributed by atoms with Gasteiger partial charge in [0.05, 0.1) is 23.9 Å². The van der Waals surface area contributed by atoms with Gasteiger partial charge in [-0.3, -0.25) is 4.98 Å². The molecule has 0 saturated heterocycles. The largest absolute Gasteiger partial charge is 0.497 e. The van der Waals surface area contributed by atoms with E-state index in [9.17, 15) is 5.11 Å². The van der Waals surface area contributed by atoms with Crippen molar-refractivity contribution in [2.24, 2.45) is 0 Å². The number of anilines is 1. The second-order valence-electron chi connectivity index (χ2n) is 8.29. The van der Waals surface area contributed by atoms with Crippen molar-refractivity contribution in [3.05, 3.63) is 30.5 Å². The Morgan fingerprint density at radius 1 is 1.10 bits per heavy atom. The fourth-order valence-corrected chi connectivity index (χ4v) is 3.68. The summed E-state index contributed by atoms with van der Waals surface area (Å²) in [5, 5.41) is 15.5. The van der Waals surface area contributed by atoms with Crippen LogP contribution < -0.4 is 10.1 Å². The maximum atomic E-state index is 11.1. The summed E-state index contributed by atoms with van der Waals surface area (Å²) < 4.78 is 5.43. The van der Waals surface area contributed by atoms with E-state index in [1.807, 2.05) is 31.2 Å².